The summed E-state index contributed by atoms with van der Waals surface area (Å²) in [6.45, 7) is 8.21. The molecule has 0 radical (unpaired) electrons. The molecule has 0 saturated carbocycles. The van der Waals surface area contributed by atoms with Crippen LogP contribution in [0.3, 0.4) is 0 Å². The summed E-state index contributed by atoms with van der Waals surface area (Å²) >= 11 is 13.3. The minimum Gasteiger partial charge on any atom is -0.497 e. The van der Waals surface area contributed by atoms with Gasteiger partial charge in [0.25, 0.3) is 5.91 Å². The van der Waals surface area contributed by atoms with Crippen molar-refractivity contribution in [2.24, 2.45) is 5.92 Å². The smallest absolute Gasteiger partial charge is 0.251 e. The number of carbonyl (C=O) groups is 2. The largest absolute Gasteiger partial charge is 0.497 e. The molecule has 11 heteroatoms. The average molecular weight is 548 g/mol. The average Bonchev–Trinajstić information content (AvgIpc) is 3.25. The van der Waals surface area contributed by atoms with Crippen LogP contribution in [0.25, 0.3) is 0 Å². The fourth-order valence-electron chi connectivity index (χ4n) is 3.34. The van der Waals surface area contributed by atoms with Gasteiger partial charge in [-0.1, -0.05) is 54.9 Å². The third-order valence-electron chi connectivity index (χ3n) is 5.18. The van der Waals surface area contributed by atoms with Gasteiger partial charge in [-0.25, -0.2) is 0 Å². The quantitative estimate of drug-likeness (QED) is 0.238. The standard InChI is InChI=1S/C25H27Cl2N5O3S/c1-5-12-32-23(22(15(2)3)29-24(34)16-6-9-18(35-4)10-7-16)30-31-25(32)36-14-21(33)28-20-11-8-17(26)13-19(20)27/h5-11,13,15,22H,1,12,14H2,2-4H3,(H,28,33)(H,29,34)/t22-/m0/s1. The van der Waals surface area contributed by atoms with Crippen molar-refractivity contribution in [1.29, 1.82) is 0 Å². The molecule has 36 heavy (non-hydrogen) atoms. The second-order valence-electron chi connectivity index (χ2n) is 8.12. The Bertz CT molecular complexity index is 1230. The second-order valence-corrected chi connectivity index (χ2v) is 9.91. The third-order valence-corrected chi connectivity index (χ3v) is 6.69. The van der Waals surface area contributed by atoms with Gasteiger partial charge in [-0.05, 0) is 48.4 Å². The Balaban J connectivity index is 1.74. The Kier molecular flexibility index (Phi) is 9.81. The molecule has 0 spiro atoms. The van der Waals surface area contributed by atoms with Crippen LogP contribution in [0.15, 0.2) is 60.3 Å². The summed E-state index contributed by atoms with van der Waals surface area (Å²) in [6.07, 6.45) is 1.72. The molecule has 0 aliphatic rings. The van der Waals surface area contributed by atoms with Crippen LogP contribution in [-0.2, 0) is 11.3 Å². The Morgan fingerprint density at radius 3 is 2.50 bits per heavy atom. The predicted molar refractivity (Wildman–Crippen MR) is 144 cm³/mol. The van der Waals surface area contributed by atoms with Crippen LogP contribution < -0.4 is 15.4 Å². The molecule has 3 aromatic rings. The van der Waals surface area contributed by atoms with Crippen LogP contribution >= 0.6 is 35.0 Å². The Morgan fingerprint density at radius 2 is 1.89 bits per heavy atom. The molecule has 3 rings (SSSR count). The summed E-state index contributed by atoms with van der Waals surface area (Å²) in [6, 6.07) is 11.3. The lowest BCUT2D eigenvalue weighted by molar-refractivity contribution is -0.113. The molecule has 0 aliphatic carbocycles. The number of benzene rings is 2. The predicted octanol–water partition coefficient (Wildman–Crippen LogP) is 5.64. The zero-order valence-electron chi connectivity index (χ0n) is 20.1. The van der Waals surface area contributed by atoms with Crippen LogP contribution in [0.2, 0.25) is 10.0 Å². The number of allylic oxidation sites excluding steroid dienone is 1. The van der Waals surface area contributed by atoms with Crippen molar-refractivity contribution < 1.29 is 14.3 Å². The van der Waals surface area contributed by atoms with E-state index in [1.807, 2.05) is 18.4 Å². The molecular weight excluding hydrogens is 521 g/mol. The van der Waals surface area contributed by atoms with Crippen molar-refractivity contribution in [3.8, 4) is 5.75 Å². The first-order valence-corrected chi connectivity index (χ1v) is 12.8. The minimum absolute atomic E-state index is 0.0214. The normalized spacial score (nSPS) is 11.7. The number of thioether (sulfide) groups is 1. The van der Waals surface area contributed by atoms with E-state index in [2.05, 4.69) is 27.4 Å². The van der Waals surface area contributed by atoms with Crippen molar-refractivity contribution in [3.05, 3.63) is 76.6 Å². The number of aromatic nitrogens is 3. The summed E-state index contributed by atoms with van der Waals surface area (Å²) in [7, 11) is 1.57. The molecule has 2 N–H and O–H groups in total. The number of hydrogen-bond donors (Lipinski definition) is 2. The molecule has 8 nitrogen and oxygen atoms in total. The van der Waals surface area contributed by atoms with E-state index in [1.54, 1.807) is 55.7 Å². The van der Waals surface area contributed by atoms with Crippen molar-refractivity contribution in [1.82, 2.24) is 20.1 Å². The summed E-state index contributed by atoms with van der Waals surface area (Å²) in [4.78, 5) is 25.5. The highest BCUT2D eigenvalue weighted by molar-refractivity contribution is 7.99. The van der Waals surface area contributed by atoms with Crippen molar-refractivity contribution in [2.75, 3.05) is 18.2 Å². The highest BCUT2D eigenvalue weighted by Crippen LogP contribution is 2.28. The molecule has 2 amide bonds. The van der Waals surface area contributed by atoms with E-state index >= 15 is 0 Å². The van der Waals surface area contributed by atoms with Crippen molar-refractivity contribution in [2.45, 2.75) is 31.6 Å². The van der Waals surface area contributed by atoms with Crippen LogP contribution in [0.5, 0.6) is 5.75 Å². The molecule has 1 atom stereocenters. The molecule has 190 valence electrons. The second kappa shape index (κ2) is 12.8. The fraction of sp³-hybridized carbons (Fsp3) is 0.280. The van der Waals surface area contributed by atoms with Gasteiger partial charge in [0, 0.05) is 17.1 Å². The minimum atomic E-state index is -0.414. The summed E-state index contributed by atoms with van der Waals surface area (Å²) in [5, 5.41) is 15.8. The van der Waals surface area contributed by atoms with E-state index < -0.39 is 6.04 Å². The van der Waals surface area contributed by atoms with E-state index in [0.717, 1.165) is 0 Å². The van der Waals surface area contributed by atoms with Gasteiger partial charge in [-0.2, -0.15) is 0 Å². The maximum absolute atomic E-state index is 12.9. The van der Waals surface area contributed by atoms with Crippen molar-refractivity contribution in [3.63, 3.8) is 0 Å². The molecule has 0 bridgehead atoms. The number of anilines is 1. The molecule has 0 unspecified atom stereocenters. The molecule has 1 heterocycles. The van der Waals surface area contributed by atoms with E-state index in [4.69, 9.17) is 27.9 Å². The number of hydrogen-bond acceptors (Lipinski definition) is 6. The monoisotopic (exact) mass is 547 g/mol. The maximum atomic E-state index is 12.9. The molecule has 0 saturated heterocycles. The zero-order valence-corrected chi connectivity index (χ0v) is 22.5. The van der Waals surface area contributed by atoms with Gasteiger partial charge in [0.1, 0.15) is 5.75 Å². The highest BCUT2D eigenvalue weighted by Gasteiger charge is 2.26. The molecule has 1 aromatic heterocycles. The number of halogens is 2. The molecule has 2 aromatic carbocycles. The van der Waals surface area contributed by atoms with Gasteiger partial charge in [0.2, 0.25) is 5.91 Å². The van der Waals surface area contributed by atoms with Crippen LogP contribution in [-0.4, -0.2) is 39.4 Å². The Morgan fingerprint density at radius 1 is 1.17 bits per heavy atom. The van der Waals surface area contributed by atoms with Gasteiger partial charge in [0.05, 0.1) is 29.6 Å². The van der Waals surface area contributed by atoms with Gasteiger partial charge in [0.15, 0.2) is 11.0 Å². The number of nitrogens with one attached hydrogen (secondary N) is 2. The van der Waals surface area contributed by atoms with E-state index in [0.29, 0.717) is 44.6 Å². The summed E-state index contributed by atoms with van der Waals surface area (Å²) < 4.78 is 7.01. The number of amides is 2. The number of carbonyl (C=O) groups excluding carboxylic acids is 2. The molecular formula is C25H27Cl2N5O3S. The van der Waals surface area contributed by atoms with Gasteiger partial charge in [-0.3, -0.25) is 9.59 Å². The van der Waals surface area contributed by atoms with Crippen LogP contribution in [0, 0.1) is 5.92 Å². The Labute approximate surface area is 224 Å². The van der Waals surface area contributed by atoms with Gasteiger partial charge >= 0.3 is 0 Å². The first kappa shape index (κ1) is 27.6. The number of ether oxygens (including phenoxy) is 1. The first-order chi connectivity index (χ1) is 17.2. The summed E-state index contributed by atoms with van der Waals surface area (Å²) in [5.74, 6) is 0.856. The SMILES string of the molecule is C=CCn1c(SCC(=O)Nc2ccc(Cl)cc2Cl)nnc1[C@@H](NC(=O)c1ccc(OC)cc1)C(C)C. The lowest BCUT2D eigenvalue weighted by Gasteiger charge is -2.22. The number of methoxy groups -OCH3 is 1. The van der Waals surface area contributed by atoms with E-state index in [-0.39, 0.29) is 23.5 Å². The topological polar surface area (TPSA) is 98.1 Å². The molecule has 0 fully saturated rings. The molecule has 0 aliphatic heterocycles. The Hall–Kier alpha value is -3.01. The van der Waals surface area contributed by atoms with Crippen molar-refractivity contribution >= 4 is 52.5 Å². The van der Waals surface area contributed by atoms with E-state index in [9.17, 15) is 9.59 Å². The maximum Gasteiger partial charge on any atom is 0.251 e. The lowest BCUT2D eigenvalue weighted by Crippen LogP contribution is -2.33. The summed E-state index contributed by atoms with van der Waals surface area (Å²) in [5.41, 5.74) is 0.976. The first-order valence-electron chi connectivity index (χ1n) is 11.1. The zero-order chi connectivity index (χ0) is 26.2. The number of rotatable bonds is 11. The number of nitrogens with zero attached hydrogens (tertiary/aromatic N) is 3. The van der Waals surface area contributed by atoms with E-state index in [1.165, 1.54) is 11.8 Å². The van der Waals surface area contributed by atoms with Crippen LogP contribution in [0.4, 0.5) is 5.69 Å². The van der Waals surface area contributed by atoms with Crippen LogP contribution in [0.1, 0.15) is 36.1 Å². The lowest BCUT2D eigenvalue weighted by atomic mass is 10.0. The third kappa shape index (κ3) is 7.02. The van der Waals surface area contributed by atoms with Gasteiger partial charge in [-0.15, -0.1) is 16.8 Å². The fourth-order valence-corrected chi connectivity index (χ4v) is 4.55. The highest BCUT2D eigenvalue weighted by atomic mass is 35.5. The van der Waals surface area contributed by atoms with Gasteiger partial charge < -0.3 is 19.9 Å².